The van der Waals surface area contributed by atoms with Gasteiger partial charge in [-0.3, -0.25) is 9.59 Å². The zero-order valence-corrected chi connectivity index (χ0v) is 12.7. The third-order valence-electron chi connectivity index (χ3n) is 2.82. The quantitative estimate of drug-likeness (QED) is 0.890. The highest BCUT2D eigenvalue weighted by molar-refractivity contribution is 6.30. The summed E-state index contributed by atoms with van der Waals surface area (Å²) in [4.78, 5) is 23.3. The fourth-order valence-corrected chi connectivity index (χ4v) is 1.88. The second-order valence-electron chi connectivity index (χ2n) is 4.45. The van der Waals surface area contributed by atoms with Gasteiger partial charge in [0, 0.05) is 23.3 Å². The number of amides is 2. The van der Waals surface area contributed by atoms with Gasteiger partial charge in [-0.1, -0.05) is 17.7 Å². The van der Waals surface area contributed by atoms with Crippen LogP contribution >= 0.6 is 11.6 Å². The van der Waals surface area contributed by atoms with Gasteiger partial charge in [-0.25, -0.2) is 0 Å². The zero-order valence-electron chi connectivity index (χ0n) is 11.9. The molecule has 2 aromatic rings. The molecule has 2 N–H and O–H groups in total. The van der Waals surface area contributed by atoms with Gasteiger partial charge in [0.05, 0.1) is 0 Å². The fraction of sp³-hybridized carbons (Fsp3) is 0.125. The normalized spacial score (nSPS) is 9.91. The van der Waals surface area contributed by atoms with Crippen molar-refractivity contribution >= 4 is 29.1 Å². The second-order valence-corrected chi connectivity index (χ2v) is 4.89. The van der Waals surface area contributed by atoms with E-state index in [1.807, 2.05) is 0 Å². The molecule has 0 aliphatic heterocycles. The average molecular weight is 319 g/mol. The molecule has 0 bridgehead atoms. The molecule has 0 aliphatic carbocycles. The van der Waals surface area contributed by atoms with E-state index >= 15 is 0 Å². The highest BCUT2D eigenvalue weighted by atomic mass is 35.5. The maximum atomic E-state index is 11.8. The van der Waals surface area contributed by atoms with Crippen LogP contribution in [0.5, 0.6) is 5.75 Å². The number of anilines is 1. The van der Waals surface area contributed by atoms with Crippen LogP contribution in [0.25, 0.3) is 0 Å². The van der Waals surface area contributed by atoms with Crippen molar-refractivity contribution in [1.29, 1.82) is 0 Å². The van der Waals surface area contributed by atoms with Crippen molar-refractivity contribution < 1.29 is 14.3 Å². The number of halogens is 1. The minimum Gasteiger partial charge on any atom is -0.484 e. The molecule has 0 spiro atoms. The van der Waals surface area contributed by atoms with Crippen LogP contribution < -0.4 is 15.4 Å². The van der Waals surface area contributed by atoms with Crippen molar-refractivity contribution in [2.75, 3.05) is 19.0 Å². The van der Waals surface area contributed by atoms with E-state index in [2.05, 4.69) is 10.6 Å². The first-order valence-corrected chi connectivity index (χ1v) is 6.96. The Morgan fingerprint density at radius 2 is 1.86 bits per heavy atom. The standard InChI is InChI=1S/C16H15ClN2O3/c1-18-16(21)11-3-2-4-14(9-11)22-10-15(20)19-13-7-5-12(17)6-8-13/h2-9H,10H2,1H3,(H,18,21)(H,19,20). The lowest BCUT2D eigenvalue weighted by Crippen LogP contribution is -2.20. The van der Waals surface area contributed by atoms with Gasteiger partial charge >= 0.3 is 0 Å². The number of nitrogens with one attached hydrogen (secondary N) is 2. The molecule has 0 radical (unpaired) electrons. The molecule has 114 valence electrons. The molecular weight excluding hydrogens is 304 g/mol. The van der Waals surface area contributed by atoms with Crippen molar-refractivity contribution in [2.24, 2.45) is 0 Å². The van der Waals surface area contributed by atoms with Crippen molar-refractivity contribution in [1.82, 2.24) is 5.32 Å². The average Bonchev–Trinajstić information content (AvgIpc) is 2.54. The third kappa shape index (κ3) is 4.49. The van der Waals surface area contributed by atoms with Crippen molar-refractivity contribution in [2.45, 2.75) is 0 Å². The summed E-state index contributed by atoms with van der Waals surface area (Å²) in [6.45, 7) is -0.153. The van der Waals surface area contributed by atoms with Crippen molar-refractivity contribution in [3.8, 4) is 5.75 Å². The molecule has 0 unspecified atom stereocenters. The first-order chi connectivity index (χ1) is 10.6. The lowest BCUT2D eigenvalue weighted by molar-refractivity contribution is -0.118. The Morgan fingerprint density at radius 1 is 1.14 bits per heavy atom. The van der Waals surface area contributed by atoms with E-state index in [4.69, 9.17) is 16.3 Å². The Morgan fingerprint density at radius 3 is 2.55 bits per heavy atom. The zero-order chi connectivity index (χ0) is 15.9. The lowest BCUT2D eigenvalue weighted by Gasteiger charge is -2.08. The predicted octanol–water partition coefficient (Wildman–Crippen LogP) is 2.72. The number of ether oxygens (including phenoxy) is 1. The van der Waals surface area contributed by atoms with Crippen molar-refractivity contribution in [3.05, 3.63) is 59.1 Å². The minimum absolute atomic E-state index is 0.153. The summed E-state index contributed by atoms with van der Waals surface area (Å²) in [5.41, 5.74) is 1.11. The molecule has 0 atom stereocenters. The van der Waals surface area contributed by atoms with Crippen LogP contribution in [0.15, 0.2) is 48.5 Å². The van der Waals surface area contributed by atoms with Crippen LogP contribution in [-0.2, 0) is 4.79 Å². The van der Waals surface area contributed by atoms with E-state index in [0.717, 1.165) is 0 Å². The van der Waals surface area contributed by atoms with Gasteiger partial charge < -0.3 is 15.4 Å². The Kier molecular flexibility index (Phi) is 5.38. The van der Waals surface area contributed by atoms with Gasteiger partial charge in [-0.15, -0.1) is 0 Å². The molecule has 0 heterocycles. The summed E-state index contributed by atoms with van der Waals surface area (Å²) >= 11 is 5.77. The van der Waals surface area contributed by atoms with Gasteiger partial charge in [-0.2, -0.15) is 0 Å². The lowest BCUT2D eigenvalue weighted by atomic mass is 10.2. The molecular formula is C16H15ClN2O3. The summed E-state index contributed by atoms with van der Waals surface area (Å²) in [5.74, 6) is -0.0592. The first-order valence-electron chi connectivity index (χ1n) is 6.59. The van der Waals surface area contributed by atoms with Gasteiger partial charge in [-0.05, 0) is 42.5 Å². The molecule has 0 saturated carbocycles. The van der Waals surface area contributed by atoms with Gasteiger partial charge in [0.1, 0.15) is 5.75 Å². The monoisotopic (exact) mass is 318 g/mol. The van der Waals surface area contributed by atoms with Crippen LogP contribution in [0.3, 0.4) is 0 Å². The van der Waals surface area contributed by atoms with E-state index in [1.165, 1.54) is 0 Å². The second kappa shape index (κ2) is 7.47. The number of carbonyl (C=O) groups excluding carboxylic acids is 2. The molecule has 2 aromatic carbocycles. The fourth-order valence-electron chi connectivity index (χ4n) is 1.75. The smallest absolute Gasteiger partial charge is 0.262 e. The Hall–Kier alpha value is -2.53. The SMILES string of the molecule is CNC(=O)c1cccc(OCC(=O)Nc2ccc(Cl)cc2)c1. The number of rotatable bonds is 5. The van der Waals surface area contributed by atoms with E-state index in [0.29, 0.717) is 22.0 Å². The van der Waals surface area contributed by atoms with E-state index < -0.39 is 0 Å². The van der Waals surface area contributed by atoms with E-state index in [9.17, 15) is 9.59 Å². The van der Waals surface area contributed by atoms with Crippen LogP contribution in [0.4, 0.5) is 5.69 Å². The Balaban J connectivity index is 1.91. The van der Waals surface area contributed by atoms with E-state index in [1.54, 1.807) is 55.6 Å². The third-order valence-corrected chi connectivity index (χ3v) is 3.07. The molecule has 0 aliphatic rings. The number of carbonyl (C=O) groups is 2. The van der Waals surface area contributed by atoms with Crippen molar-refractivity contribution in [3.63, 3.8) is 0 Å². The van der Waals surface area contributed by atoms with Gasteiger partial charge in [0.2, 0.25) is 0 Å². The van der Waals surface area contributed by atoms with E-state index in [-0.39, 0.29) is 18.4 Å². The molecule has 2 amide bonds. The first kappa shape index (κ1) is 15.9. The van der Waals surface area contributed by atoms with Crippen LogP contribution in [0, 0.1) is 0 Å². The Bertz CT molecular complexity index is 671. The van der Waals surface area contributed by atoms with Crippen LogP contribution in [-0.4, -0.2) is 25.5 Å². The largest absolute Gasteiger partial charge is 0.484 e. The molecule has 0 fully saturated rings. The number of hydrogen-bond donors (Lipinski definition) is 2. The highest BCUT2D eigenvalue weighted by Crippen LogP contribution is 2.15. The molecule has 6 heteroatoms. The van der Waals surface area contributed by atoms with Gasteiger partial charge in [0.15, 0.2) is 6.61 Å². The number of benzene rings is 2. The molecule has 22 heavy (non-hydrogen) atoms. The summed E-state index contributed by atoms with van der Waals surface area (Å²) in [6, 6.07) is 13.4. The summed E-state index contributed by atoms with van der Waals surface area (Å²) in [6.07, 6.45) is 0. The predicted molar refractivity (Wildman–Crippen MR) is 85.4 cm³/mol. The maximum absolute atomic E-state index is 11.8. The molecule has 0 saturated heterocycles. The van der Waals surface area contributed by atoms with Gasteiger partial charge in [0.25, 0.3) is 11.8 Å². The Labute approximate surface area is 133 Å². The minimum atomic E-state index is -0.298. The molecule has 2 rings (SSSR count). The summed E-state index contributed by atoms with van der Waals surface area (Å²) in [5, 5.41) is 5.81. The van der Waals surface area contributed by atoms with Crippen LogP contribution in [0.1, 0.15) is 10.4 Å². The summed E-state index contributed by atoms with van der Waals surface area (Å²) in [7, 11) is 1.55. The number of hydrogen-bond acceptors (Lipinski definition) is 3. The highest BCUT2D eigenvalue weighted by Gasteiger charge is 2.07. The summed E-state index contributed by atoms with van der Waals surface area (Å²) < 4.78 is 5.38. The molecule has 0 aromatic heterocycles. The molecule has 5 nitrogen and oxygen atoms in total. The topological polar surface area (TPSA) is 67.4 Å². The maximum Gasteiger partial charge on any atom is 0.262 e. The van der Waals surface area contributed by atoms with Crippen LogP contribution in [0.2, 0.25) is 5.02 Å².